The summed E-state index contributed by atoms with van der Waals surface area (Å²) in [6.07, 6.45) is 5.67. The van der Waals surface area contributed by atoms with Gasteiger partial charge in [0.15, 0.2) is 0 Å². The van der Waals surface area contributed by atoms with Gasteiger partial charge in [0.1, 0.15) is 0 Å². The van der Waals surface area contributed by atoms with Crippen LogP contribution in [0, 0.1) is 0 Å². The van der Waals surface area contributed by atoms with Crippen LogP contribution >= 0.6 is 0 Å². The monoisotopic (exact) mass is 364 g/mol. The number of likely N-dealkylation sites (tertiary alicyclic amines) is 1. The van der Waals surface area contributed by atoms with Gasteiger partial charge in [0.2, 0.25) is 5.91 Å². The number of pyridine rings is 1. The van der Waals surface area contributed by atoms with Gasteiger partial charge in [-0.15, -0.1) is 0 Å². The summed E-state index contributed by atoms with van der Waals surface area (Å²) >= 11 is 0. The minimum atomic E-state index is 0.0846. The molecule has 0 aliphatic carbocycles. The minimum absolute atomic E-state index is 0.0846. The number of carbonyl (C=O) groups excluding carboxylic acids is 1. The fraction of sp³-hybridized carbons (Fsp3) is 0.455. The average Bonchev–Trinajstić information content (AvgIpc) is 3.09. The van der Waals surface area contributed by atoms with E-state index >= 15 is 0 Å². The zero-order valence-corrected chi connectivity index (χ0v) is 15.8. The predicted octanol–water partition coefficient (Wildman–Crippen LogP) is 2.04. The van der Waals surface area contributed by atoms with Crippen molar-refractivity contribution in [1.29, 1.82) is 0 Å². The lowest BCUT2D eigenvalue weighted by molar-refractivity contribution is -0.132. The Morgan fingerprint density at radius 1 is 0.926 bits per heavy atom. The number of benzene rings is 1. The molecule has 2 fully saturated rings. The minimum Gasteiger partial charge on any atom is -0.341 e. The summed E-state index contributed by atoms with van der Waals surface area (Å²) in [6.45, 7) is 6.66. The lowest BCUT2D eigenvalue weighted by atomic mass is 10.1. The maximum absolute atomic E-state index is 12.9. The highest BCUT2D eigenvalue weighted by Gasteiger charge is 2.36. The average molecular weight is 364 g/mol. The molecule has 1 aromatic heterocycles. The van der Waals surface area contributed by atoms with E-state index < -0.39 is 0 Å². The van der Waals surface area contributed by atoms with Gasteiger partial charge in [-0.25, -0.2) is 0 Å². The molecule has 1 amide bonds. The number of carbonyl (C=O) groups is 1. The van der Waals surface area contributed by atoms with E-state index in [4.69, 9.17) is 0 Å². The normalized spacial score (nSPS) is 21.7. The molecule has 142 valence electrons. The summed E-state index contributed by atoms with van der Waals surface area (Å²) < 4.78 is 0. The highest BCUT2D eigenvalue weighted by molar-refractivity contribution is 5.84. The Balaban J connectivity index is 1.25. The Bertz CT molecular complexity index is 728. The molecule has 1 unspecified atom stereocenters. The van der Waals surface area contributed by atoms with Crippen molar-refractivity contribution in [3.63, 3.8) is 0 Å². The number of hydrogen-bond donors (Lipinski definition) is 0. The smallest absolute Gasteiger partial charge is 0.240 e. The molecule has 27 heavy (non-hydrogen) atoms. The van der Waals surface area contributed by atoms with Gasteiger partial charge in [0.25, 0.3) is 0 Å². The van der Waals surface area contributed by atoms with Crippen molar-refractivity contribution in [2.75, 3.05) is 39.3 Å². The van der Waals surface area contributed by atoms with Crippen LogP contribution < -0.4 is 0 Å². The molecule has 2 saturated heterocycles. The number of hydrogen-bond acceptors (Lipinski definition) is 4. The van der Waals surface area contributed by atoms with E-state index in [1.165, 1.54) is 11.1 Å². The van der Waals surface area contributed by atoms with E-state index in [0.717, 1.165) is 58.7 Å². The van der Waals surface area contributed by atoms with E-state index in [0.29, 0.717) is 5.91 Å². The van der Waals surface area contributed by atoms with Crippen LogP contribution in [-0.2, 0) is 17.8 Å². The van der Waals surface area contributed by atoms with Crippen LogP contribution in [0.4, 0.5) is 0 Å². The SMILES string of the molecule is O=C1C(N2CCN(Cc3cccnc3)CC2)CCN1CCc1ccccc1. The number of piperazine rings is 1. The zero-order valence-electron chi connectivity index (χ0n) is 15.8. The summed E-state index contributed by atoms with van der Waals surface area (Å²) in [5, 5.41) is 0. The Kier molecular flexibility index (Phi) is 5.80. The van der Waals surface area contributed by atoms with Crippen LogP contribution in [0.15, 0.2) is 54.9 Å². The lowest BCUT2D eigenvalue weighted by Gasteiger charge is -2.37. The van der Waals surface area contributed by atoms with Crippen LogP contribution in [0.5, 0.6) is 0 Å². The summed E-state index contributed by atoms with van der Waals surface area (Å²) in [5.74, 6) is 0.326. The molecule has 4 rings (SSSR count). The van der Waals surface area contributed by atoms with Crippen molar-refractivity contribution < 1.29 is 4.79 Å². The van der Waals surface area contributed by atoms with Crippen molar-refractivity contribution in [2.45, 2.75) is 25.4 Å². The topological polar surface area (TPSA) is 39.7 Å². The predicted molar refractivity (Wildman–Crippen MR) is 106 cm³/mol. The van der Waals surface area contributed by atoms with Crippen LogP contribution in [0.25, 0.3) is 0 Å². The largest absolute Gasteiger partial charge is 0.341 e. The highest BCUT2D eigenvalue weighted by atomic mass is 16.2. The van der Waals surface area contributed by atoms with Crippen molar-refractivity contribution >= 4 is 5.91 Å². The Labute approximate surface area is 161 Å². The van der Waals surface area contributed by atoms with Gasteiger partial charge >= 0.3 is 0 Å². The molecule has 2 aliphatic heterocycles. The second kappa shape index (κ2) is 8.63. The number of rotatable bonds is 6. The molecule has 3 heterocycles. The van der Waals surface area contributed by atoms with Crippen molar-refractivity contribution in [3.8, 4) is 0 Å². The Morgan fingerprint density at radius 2 is 1.70 bits per heavy atom. The third-order valence-corrected chi connectivity index (χ3v) is 5.76. The fourth-order valence-corrected chi connectivity index (χ4v) is 4.18. The first kappa shape index (κ1) is 18.1. The third kappa shape index (κ3) is 4.54. The molecule has 2 aromatic rings. The van der Waals surface area contributed by atoms with Crippen LogP contribution in [-0.4, -0.2) is 70.9 Å². The molecule has 2 aliphatic rings. The summed E-state index contributed by atoms with van der Waals surface area (Å²) in [5.41, 5.74) is 2.56. The van der Waals surface area contributed by atoms with E-state index in [9.17, 15) is 4.79 Å². The van der Waals surface area contributed by atoms with Gasteiger partial charge in [0, 0.05) is 58.2 Å². The summed E-state index contributed by atoms with van der Waals surface area (Å²) in [4.78, 5) is 24.0. The van der Waals surface area contributed by atoms with Gasteiger partial charge in [-0.05, 0) is 30.0 Å². The molecule has 1 aromatic carbocycles. The van der Waals surface area contributed by atoms with E-state index in [1.54, 1.807) is 0 Å². The van der Waals surface area contributed by atoms with Crippen molar-refractivity contribution in [2.24, 2.45) is 0 Å². The van der Waals surface area contributed by atoms with Gasteiger partial charge in [-0.2, -0.15) is 0 Å². The molecule has 0 saturated carbocycles. The van der Waals surface area contributed by atoms with E-state index in [2.05, 4.69) is 50.0 Å². The molecule has 1 atom stereocenters. The van der Waals surface area contributed by atoms with Crippen molar-refractivity contribution in [1.82, 2.24) is 19.7 Å². The van der Waals surface area contributed by atoms with Gasteiger partial charge in [-0.1, -0.05) is 36.4 Å². The zero-order chi connectivity index (χ0) is 18.5. The molecule has 0 radical (unpaired) electrons. The first-order valence-electron chi connectivity index (χ1n) is 9.97. The van der Waals surface area contributed by atoms with Crippen LogP contribution in [0.3, 0.4) is 0 Å². The number of aromatic nitrogens is 1. The van der Waals surface area contributed by atoms with Gasteiger partial charge in [-0.3, -0.25) is 19.6 Å². The molecular weight excluding hydrogens is 336 g/mol. The summed E-state index contributed by atoms with van der Waals surface area (Å²) in [7, 11) is 0. The quantitative estimate of drug-likeness (QED) is 0.786. The maximum atomic E-state index is 12.9. The molecule has 5 nitrogen and oxygen atoms in total. The lowest BCUT2D eigenvalue weighted by Crippen LogP contribution is -2.52. The van der Waals surface area contributed by atoms with Crippen LogP contribution in [0.2, 0.25) is 0 Å². The highest BCUT2D eigenvalue weighted by Crippen LogP contribution is 2.20. The number of nitrogens with zero attached hydrogens (tertiary/aromatic N) is 4. The molecule has 0 bridgehead atoms. The van der Waals surface area contributed by atoms with E-state index in [-0.39, 0.29) is 6.04 Å². The van der Waals surface area contributed by atoms with E-state index in [1.807, 2.05) is 24.5 Å². The maximum Gasteiger partial charge on any atom is 0.240 e. The standard InChI is InChI=1S/C22H28N4O/c27-22-21(9-12-26(22)11-8-19-5-2-1-3-6-19)25-15-13-24(14-16-25)18-20-7-4-10-23-17-20/h1-7,10,17,21H,8-9,11-16,18H2. The first-order valence-corrected chi connectivity index (χ1v) is 9.97. The molecule has 5 heteroatoms. The summed E-state index contributed by atoms with van der Waals surface area (Å²) in [6, 6.07) is 14.6. The van der Waals surface area contributed by atoms with Crippen LogP contribution in [0.1, 0.15) is 17.5 Å². The van der Waals surface area contributed by atoms with Gasteiger partial charge in [0.05, 0.1) is 6.04 Å². The third-order valence-electron chi connectivity index (χ3n) is 5.76. The Hall–Kier alpha value is -2.24. The second-order valence-corrected chi connectivity index (χ2v) is 7.54. The molecule has 0 spiro atoms. The Morgan fingerprint density at radius 3 is 2.44 bits per heavy atom. The first-order chi connectivity index (χ1) is 13.3. The molecule has 0 N–H and O–H groups in total. The second-order valence-electron chi connectivity index (χ2n) is 7.54. The fourth-order valence-electron chi connectivity index (χ4n) is 4.18. The number of amides is 1. The molecular formula is C22H28N4O. The van der Waals surface area contributed by atoms with Crippen molar-refractivity contribution in [3.05, 3.63) is 66.0 Å². The van der Waals surface area contributed by atoms with Gasteiger partial charge < -0.3 is 4.90 Å².